The number of aromatic amines is 1. The first-order valence-electron chi connectivity index (χ1n) is 5.96. The third-order valence-electron chi connectivity index (χ3n) is 2.89. The number of aliphatic hydroxyl groups excluding tert-OH is 1. The molecule has 0 radical (unpaired) electrons. The Balaban J connectivity index is 2.48. The third-order valence-corrected chi connectivity index (χ3v) is 2.89. The highest BCUT2D eigenvalue weighted by atomic mass is 16.5. The Bertz CT molecular complexity index is 547. The lowest BCUT2D eigenvalue weighted by atomic mass is 10.0. The quantitative estimate of drug-likeness (QED) is 0.869. The Kier molecular flexibility index (Phi) is 3.67. The van der Waals surface area contributed by atoms with Gasteiger partial charge in [0.1, 0.15) is 11.6 Å². The van der Waals surface area contributed by atoms with Crippen molar-refractivity contribution >= 4 is 0 Å². The van der Waals surface area contributed by atoms with Crippen LogP contribution in [0.4, 0.5) is 0 Å². The zero-order valence-corrected chi connectivity index (χ0v) is 10.9. The molecule has 18 heavy (non-hydrogen) atoms. The highest BCUT2D eigenvalue weighted by Gasteiger charge is 2.12. The molecule has 4 heteroatoms. The van der Waals surface area contributed by atoms with Crippen LogP contribution in [-0.4, -0.2) is 28.8 Å². The standard InChI is InChI=1S/C14H18N2O2/c1-9-6-10(2)14(18-3)11(7-9)12-8-15-13(16-12)4-5-17/h6-8,17H,4-5H2,1-3H3,(H,15,16). The van der Waals surface area contributed by atoms with Gasteiger partial charge in [-0.2, -0.15) is 0 Å². The molecule has 0 aliphatic carbocycles. The number of benzene rings is 1. The number of aromatic nitrogens is 2. The summed E-state index contributed by atoms with van der Waals surface area (Å²) in [5, 5.41) is 8.90. The molecule has 0 unspecified atom stereocenters. The first-order chi connectivity index (χ1) is 8.65. The molecular formula is C14H18N2O2. The lowest BCUT2D eigenvalue weighted by Crippen LogP contribution is -1.94. The van der Waals surface area contributed by atoms with E-state index < -0.39 is 0 Å². The second-order valence-electron chi connectivity index (χ2n) is 4.38. The van der Waals surface area contributed by atoms with Gasteiger partial charge in [-0.3, -0.25) is 0 Å². The SMILES string of the molecule is COc1c(C)cc(C)cc1-c1cnc(CCO)[nH]1. The summed E-state index contributed by atoms with van der Waals surface area (Å²) in [6.07, 6.45) is 2.31. The van der Waals surface area contributed by atoms with Crippen molar-refractivity contribution in [2.75, 3.05) is 13.7 Å². The van der Waals surface area contributed by atoms with E-state index >= 15 is 0 Å². The fraction of sp³-hybridized carbons (Fsp3) is 0.357. The summed E-state index contributed by atoms with van der Waals surface area (Å²) in [7, 11) is 1.67. The molecule has 0 bridgehead atoms. The molecule has 2 N–H and O–H groups in total. The van der Waals surface area contributed by atoms with E-state index in [0.29, 0.717) is 6.42 Å². The summed E-state index contributed by atoms with van der Waals surface area (Å²) in [6.45, 7) is 4.18. The van der Waals surface area contributed by atoms with Gasteiger partial charge >= 0.3 is 0 Å². The molecule has 0 aliphatic rings. The lowest BCUT2D eigenvalue weighted by Gasteiger charge is -2.11. The summed E-state index contributed by atoms with van der Waals surface area (Å²) in [5.74, 6) is 1.65. The van der Waals surface area contributed by atoms with E-state index in [2.05, 4.69) is 29.0 Å². The van der Waals surface area contributed by atoms with Gasteiger partial charge in [-0.05, 0) is 31.0 Å². The minimum Gasteiger partial charge on any atom is -0.496 e. The van der Waals surface area contributed by atoms with Gasteiger partial charge in [0.05, 0.1) is 25.6 Å². The van der Waals surface area contributed by atoms with Crippen molar-refractivity contribution in [3.05, 3.63) is 35.3 Å². The number of rotatable bonds is 4. The number of H-pyrrole nitrogens is 1. The number of hydrogen-bond donors (Lipinski definition) is 2. The summed E-state index contributed by atoms with van der Waals surface area (Å²) in [5.41, 5.74) is 4.21. The van der Waals surface area contributed by atoms with Gasteiger partial charge in [-0.15, -0.1) is 0 Å². The second-order valence-corrected chi connectivity index (χ2v) is 4.38. The van der Waals surface area contributed by atoms with Gasteiger partial charge in [0.15, 0.2) is 0 Å². The lowest BCUT2D eigenvalue weighted by molar-refractivity contribution is 0.297. The van der Waals surface area contributed by atoms with Crippen LogP contribution in [0.1, 0.15) is 17.0 Å². The minimum absolute atomic E-state index is 0.0942. The van der Waals surface area contributed by atoms with Crippen molar-refractivity contribution in [2.24, 2.45) is 0 Å². The molecule has 0 fully saturated rings. The van der Waals surface area contributed by atoms with Gasteiger partial charge < -0.3 is 14.8 Å². The maximum atomic E-state index is 8.90. The van der Waals surface area contributed by atoms with Crippen LogP contribution in [0, 0.1) is 13.8 Å². The number of methoxy groups -OCH3 is 1. The fourth-order valence-corrected chi connectivity index (χ4v) is 2.16. The summed E-state index contributed by atoms with van der Waals surface area (Å²) in [4.78, 5) is 7.45. The molecule has 0 aliphatic heterocycles. The molecule has 2 rings (SSSR count). The average Bonchev–Trinajstić information content (AvgIpc) is 2.77. The molecule has 0 atom stereocenters. The summed E-state index contributed by atoms with van der Waals surface area (Å²) < 4.78 is 5.46. The predicted octanol–water partition coefficient (Wildman–Crippen LogP) is 2.24. The number of aryl methyl sites for hydroxylation is 2. The minimum atomic E-state index is 0.0942. The molecule has 1 heterocycles. The average molecular weight is 246 g/mol. The van der Waals surface area contributed by atoms with E-state index in [0.717, 1.165) is 28.4 Å². The molecule has 1 aromatic heterocycles. The van der Waals surface area contributed by atoms with Gasteiger partial charge in [-0.1, -0.05) is 6.07 Å². The maximum absolute atomic E-state index is 8.90. The van der Waals surface area contributed by atoms with Crippen molar-refractivity contribution in [2.45, 2.75) is 20.3 Å². The Morgan fingerprint density at radius 2 is 2.11 bits per heavy atom. The first kappa shape index (κ1) is 12.6. The highest BCUT2D eigenvalue weighted by molar-refractivity contribution is 5.69. The molecule has 96 valence electrons. The largest absolute Gasteiger partial charge is 0.496 e. The van der Waals surface area contributed by atoms with Gasteiger partial charge in [-0.25, -0.2) is 4.98 Å². The highest BCUT2D eigenvalue weighted by Crippen LogP contribution is 2.33. The maximum Gasteiger partial charge on any atom is 0.131 e. The number of nitrogens with zero attached hydrogens (tertiary/aromatic N) is 1. The van der Waals surface area contributed by atoms with Crippen molar-refractivity contribution in [3.63, 3.8) is 0 Å². The number of hydrogen-bond acceptors (Lipinski definition) is 3. The van der Waals surface area contributed by atoms with E-state index in [4.69, 9.17) is 9.84 Å². The molecule has 0 spiro atoms. The molecule has 1 aromatic carbocycles. The summed E-state index contributed by atoms with van der Waals surface area (Å²) >= 11 is 0. The number of nitrogens with one attached hydrogen (secondary N) is 1. The van der Waals surface area contributed by atoms with Gasteiger partial charge in [0.25, 0.3) is 0 Å². The zero-order chi connectivity index (χ0) is 13.1. The van der Waals surface area contributed by atoms with Crippen LogP contribution in [0.2, 0.25) is 0 Å². The number of aliphatic hydroxyl groups is 1. The Labute approximate surface area is 107 Å². The molecule has 0 saturated heterocycles. The Hall–Kier alpha value is -1.81. The molecule has 0 amide bonds. The smallest absolute Gasteiger partial charge is 0.131 e. The van der Waals surface area contributed by atoms with Crippen LogP contribution < -0.4 is 4.74 Å². The van der Waals surface area contributed by atoms with Crippen molar-refractivity contribution in [1.29, 1.82) is 0 Å². The first-order valence-corrected chi connectivity index (χ1v) is 5.96. The normalized spacial score (nSPS) is 10.7. The van der Waals surface area contributed by atoms with Crippen molar-refractivity contribution in [3.8, 4) is 17.0 Å². The molecular weight excluding hydrogens is 228 g/mol. The van der Waals surface area contributed by atoms with Gasteiger partial charge in [0.2, 0.25) is 0 Å². The van der Waals surface area contributed by atoms with E-state index in [1.54, 1.807) is 13.3 Å². The van der Waals surface area contributed by atoms with E-state index in [1.807, 2.05) is 6.92 Å². The van der Waals surface area contributed by atoms with Crippen LogP contribution in [0.5, 0.6) is 5.75 Å². The topological polar surface area (TPSA) is 58.1 Å². The second kappa shape index (κ2) is 5.23. The number of ether oxygens (including phenoxy) is 1. The van der Waals surface area contributed by atoms with Crippen LogP contribution in [-0.2, 0) is 6.42 Å². The van der Waals surface area contributed by atoms with E-state index in [-0.39, 0.29) is 6.61 Å². The van der Waals surface area contributed by atoms with Gasteiger partial charge in [0, 0.05) is 12.0 Å². The van der Waals surface area contributed by atoms with Crippen LogP contribution >= 0.6 is 0 Å². The predicted molar refractivity (Wildman–Crippen MR) is 70.8 cm³/mol. The van der Waals surface area contributed by atoms with Crippen molar-refractivity contribution < 1.29 is 9.84 Å². The third kappa shape index (κ3) is 2.38. The van der Waals surface area contributed by atoms with E-state index in [1.165, 1.54) is 5.56 Å². The summed E-state index contributed by atoms with van der Waals surface area (Å²) in [6, 6.07) is 4.16. The van der Waals surface area contributed by atoms with Crippen LogP contribution in [0.15, 0.2) is 18.3 Å². The van der Waals surface area contributed by atoms with Crippen LogP contribution in [0.3, 0.4) is 0 Å². The zero-order valence-electron chi connectivity index (χ0n) is 10.9. The fourth-order valence-electron chi connectivity index (χ4n) is 2.16. The number of imidazole rings is 1. The Morgan fingerprint density at radius 1 is 1.33 bits per heavy atom. The monoisotopic (exact) mass is 246 g/mol. The molecule has 4 nitrogen and oxygen atoms in total. The van der Waals surface area contributed by atoms with Crippen molar-refractivity contribution in [1.82, 2.24) is 9.97 Å². The van der Waals surface area contributed by atoms with Crippen LogP contribution in [0.25, 0.3) is 11.3 Å². The Morgan fingerprint density at radius 3 is 2.78 bits per heavy atom. The molecule has 0 saturated carbocycles. The molecule has 2 aromatic rings. The van der Waals surface area contributed by atoms with E-state index in [9.17, 15) is 0 Å².